The van der Waals surface area contributed by atoms with Crippen LogP contribution in [0, 0.1) is 11.7 Å². The van der Waals surface area contributed by atoms with Gasteiger partial charge in [0.1, 0.15) is 0 Å². The third kappa shape index (κ3) is 4.90. The van der Waals surface area contributed by atoms with Gasteiger partial charge in [-0.05, 0) is 37.0 Å². The lowest BCUT2D eigenvalue weighted by Gasteiger charge is -2.20. The molecule has 6 nitrogen and oxygen atoms in total. The van der Waals surface area contributed by atoms with E-state index in [-0.39, 0.29) is 23.6 Å². The maximum absolute atomic E-state index is 13.4. The Hall–Kier alpha value is -1.67. The molecule has 1 saturated carbocycles. The highest BCUT2D eigenvalue weighted by molar-refractivity contribution is 7.88. The minimum Gasteiger partial charge on any atom is -0.494 e. The van der Waals surface area contributed by atoms with E-state index in [0.717, 1.165) is 25.5 Å². The number of benzene rings is 1. The molecule has 2 atom stereocenters. The quantitative estimate of drug-likeness (QED) is 0.814. The van der Waals surface area contributed by atoms with E-state index in [1.54, 1.807) is 0 Å². The van der Waals surface area contributed by atoms with E-state index in [0.29, 0.717) is 12.1 Å². The molecule has 0 heterocycles. The predicted octanol–water partition coefficient (Wildman–Crippen LogP) is 1.28. The Kier molecular flexibility index (Phi) is 5.59. The molecular formula is C15H21FN2O4S. The van der Waals surface area contributed by atoms with Crippen molar-refractivity contribution in [2.24, 2.45) is 5.92 Å². The SMILES string of the molecule is COc1cc(C(=O)NCC2CCCC2NS(C)(=O)=O)ccc1F. The van der Waals surface area contributed by atoms with Gasteiger partial charge in [-0.15, -0.1) is 0 Å². The summed E-state index contributed by atoms with van der Waals surface area (Å²) in [6.07, 6.45) is 3.65. The second-order valence-electron chi connectivity index (χ2n) is 5.75. The fourth-order valence-corrected chi connectivity index (χ4v) is 3.70. The van der Waals surface area contributed by atoms with Crippen LogP contribution in [0.15, 0.2) is 18.2 Å². The van der Waals surface area contributed by atoms with Crippen LogP contribution in [0.25, 0.3) is 0 Å². The molecule has 8 heteroatoms. The number of carbonyl (C=O) groups excluding carboxylic acids is 1. The number of hydrogen-bond acceptors (Lipinski definition) is 4. The van der Waals surface area contributed by atoms with Crippen molar-refractivity contribution in [1.82, 2.24) is 10.0 Å². The van der Waals surface area contributed by atoms with Crippen molar-refractivity contribution in [3.63, 3.8) is 0 Å². The molecule has 1 aromatic rings. The summed E-state index contributed by atoms with van der Waals surface area (Å²) in [4.78, 5) is 12.1. The zero-order valence-corrected chi connectivity index (χ0v) is 14.0. The summed E-state index contributed by atoms with van der Waals surface area (Å²) in [6.45, 7) is 0.367. The normalized spacial score (nSPS) is 21.2. The van der Waals surface area contributed by atoms with Crippen molar-refractivity contribution in [2.45, 2.75) is 25.3 Å². The molecule has 0 bridgehead atoms. The first kappa shape index (κ1) is 17.7. The highest BCUT2D eigenvalue weighted by Gasteiger charge is 2.29. The molecular weight excluding hydrogens is 323 g/mol. The smallest absolute Gasteiger partial charge is 0.251 e. The van der Waals surface area contributed by atoms with Crippen LogP contribution in [0.5, 0.6) is 5.75 Å². The molecule has 1 aliphatic carbocycles. The molecule has 128 valence electrons. The van der Waals surface area contributed by atoms with Crippen LogP contribution < -0.4 is 14.8 Å². The lowest BCUT2D eigenvalue weighted by atomic mass is 10.0. The molecule has 0 aliphatic heterocycles. The van der Waals surface area contributed by atoms with Gasteiger partial charge in [-0.25, -0.2) is 17.5 Å². The number of ether oxygens (including phenoxy) is 1. The zero-order valence-electron chi connectivity index (χ0n) is 13.1. The van der Waals surface area contributed by atoms with Crippen LogP contribution in [0.2, 0.25) is 0 Å². The minimum atomic E-state index is -3.27. The standard InChI is InChI=1S/C15H21FN2O4S/c1-22-14-8-10(6-7-12(14)16)15(19)17-9-11-4-3-5-13(11)18-23(2,20)21/h6-8,11,13,18H,3-5,9H2,1-2H3,(H,17,19). The molecule has 1 fully saturated rings. The van der Waals surface area contributed by atoms with Gasteiger partial charge in [-0.2, -0.15) is 0 Å². The molecule has 2 unspecified atom stereocenters. The first-order chi connectivity index (χ1) is 10.8. The summed E-state index contributed by atoms with van der Waals surface area (Å²) >= 11 is 0. The van der Waals surface area contributed by atoms with Crippen molar-refractivity contribution in [3.8, 4) is 5.75 Å². The molecule has 0 saturated heterocycles. The topological polar surface area (TPSA) is 84.5 Å². The second-order valence-corrected chi connectivity index (χ2v) is 7.53. The fraction of sp³-hybridized carbons (Fsp3) is 0.533. The van der Waals surface area contributed by atoms with E-state index < -0.39 is 15.8 Å². The van der Waals surface area contributed by atoms with Crippen LogP contribution in [-0.4, -0.2) is 40.3 Å². The molecule has 2 N–H and O–H groups in total. The van der Waals surface area contributed by atoms with Crippen molar-refractivity contribution >= 4 is 15.9 Å². The Labute approximate surface area is 135 Å². The Bertz CT molecular complexity index is 678. The lowest BCUT2D eigenvalue weighted by Crippen LogP contribution is -2.41. The highest BCUT2D eigenvalue weighted by atomic mass is 32.2. The fourth-order valence-electron chi connectivity index (χ4n) is 2.84. The van der Waals surface area contributed by atoms with Crippen LogP contribution in [-0.2, 0) is 10.0 Å². The van der Waals surface area contributed by atoms with E-state index in [2.05, 4.69) is 10.0 Å². The maximum atomic E-state index is 13.4. The van der Waals surface area contributed by atoms with Crippen LogP contribution in [0.3, 0.4) is 0 Å². The number of rotatable bonds is 6. The van der Waals surface area contributed by atoms with E-state index in [1.165, 1.54) is 25.3 Å². The number of sulfonamides is 1. The number of hydrogen-bond donors (Lipinski definition) is 2. The number of amides is 1. The van der Waals surface area contributed by atoms with Crippen LogP contribution >= 0.6 is 0 Å². The number of nitrogens with one attached hydrogen (secondary N) is 2. The Morgan fingerprint density at radius 1 is 1.39 bits per heavy atom. The molecule has 0 spiro atoms. The van der Waals surface area contributed by atoms with E-state index in [9.17, 15) is 17.6 Å². The van der Waals surface area contributed by atoms with Crippen molar-refractivity contribution in [3.05, 3.63) is 29.6 Å². The van der Waals surface area contributed by atoms with Crippen molar-refractivity contribution in [2.75, 3.05) is 19.9 Å². The van der Waals surface area contributed by atoms with Crippen LogP contribution in [0.4, 0.5) is 4.39 Å². The van der Waals surface area contributed by atoms with Crippen LogP contribution in [0.1, 0.15) is 29.6 Å². The monoisotopic (exact) mass is 344 g/mol. The summed E-state index contributed by atoms with van der Waals surface area (Å²) in [5, 5.41) is 2.78. The molecule has 0 aromatic heterocycles. The molecule has 1 amide bonds. The van der Waals surface area contributed by atoms with Gasteiger partial charge in [0.05, 0.1) is 13.4 Å². The summed E-state index contributed by atoms with van der Waals surface area (Å²) in [5.74, 6) is -0.809. The molecule has 2 rings (SSSR count). The summed E-state index contributed by atoms with van der Waals surface area (Å²) < 4.78 is 43.5. The lowest BCUT2D eigenvalue weighted by molar-refractivity contribution is 0.0945. The largest absolute Gasteiger partial charge is 0.494 e. The third-order valence-electron chi connectivity index (χ3n) is 3.96. The van der Waals surface area contributed by atoms with Gasteiger partial charge in [0, 0.05) is 18.2 Å². The van der Waals surface area contributed by atoms with Gasteiger partial charge in [0.25, 0.3) is 5.91 Å². The van der Waals surface area contributed by atoms with E-state index in [1.807, 2.05) is 0 Å². The van der Waals surface area contributed by atoms with Crippen molar-refractivity contribution < 1.29 is 22.3 Å². The Morgan fingerprint density at radius 2 is 2.13 bits per heavy atom. The zero-order chi connectivity index (χ0) is 17.0. The number of methoxy groups -OCH3 is 1. The van der Waals surface area contributed by atoms with Gasteiger partial charge in [-0.3, -0.25) is 4.79 Å². The highest BCUT2D eigenvalue weighted by Crippen LogP contribution is 2.25. The number of carbonyl (C=O) groups is 1. The predicted molar refractivity (Wildman–Crippen MR) is 84.4 cm³/mol. The molecule has 1 aromatic carbocycles. The minimum absolute atomic E-state index is 0.00939. The molecule has 23 heavy (non-hydrogen) atoms. The summed E-state index contributed by atoms with van der Waals surface area (Å²) in [6, 6.07) is 3.74. The number of halogens is 1. The second kappa shape index (κ2) is 7.27. The van der Waals surface area contributed by atoms with Gasteiger partial charge in [-0.1, -0.05) is 6.42 Å². The van der Waals surface area contributed by atoms with E-state index in [4.69, 9.17) is 4.74 Å². The molecule has 1 aliphatic rings. The first-order valence-corrected chi connectivity index (χ1v) is 9.28. The summed E-state index contributed by atoms with van der Waals surface area (Å²) in [5.41, 5.74) is 0.300. The van der Waals surface area contributed by atoms with Gasteiger partial charge < -0.3 is 10.1 Å². The maximum Gasteiger partial charge on any atom is 0.251 e. The third-order valence-corrected chi connectivity index (χ3v) is 4.69. The average molecular weight is 344 g/mol. The van der Waals surface area contributed by atoms with E-state index >= 15 is 0 Å². The van der Waals surface area contributed by atoms with Gasteiger partial charge in [0.15, 0.2) is 11.6 Å². The summed E-state index contributed by atoms with van der Waals surface area (Å²) in [7, 11) is -1.93. The Morgan fingerprint density at radius 3 is 2.78 bits per heavy atom. The van der Waals surface area contributed by atoms with Gasteiger partial charge >= 0.3 is 0 Å². The average Bonchev–Trinajstić information content (AvgIpc) is 2.90. The molecule has 0 radical (unpaired) electrons. The van der Waals surface area contributed by atoms with Gasteiger partial charge in [0.2, 0.25) is 10.0 Å². The first-order valence-electron chi connectivity index (χ1n) is 7.39. The van der Waals surface area contributed by atoms with Crippen molar-refractivity contribution in [1.29, 1.82) is 0 Å². The Balaban J connectivity index is 1.96.